The van der Waals surface area contributed by atoms with Crippen LogP contribution in [0.1, 0.15) is 53.6 Å². The van der Waals surface area contributed by atoms with Crippen LogP contribution in [-0.4, -0.2) is 19.0 Å². The molecule has 0 bridgehead atoms. The second kappa shape index (κ2) is 9.18. The van der Waals surface area contributed by atoms with Crippen molar-refractivity contribution in [3.8, 4) is 6.07 Å². The lowest BCUT2D eigenvalue weighted by Crippen LogP contribution is -2.31. The minimum atomic E-state index is -0.400. The molecule has 1 aliphatic carbocycles. The zero-order valence-electron chi connectivity index (χ0n) is 16.1. The number of hydrogen-bond donors (Lipinski definition) is 0. The normalized spacial score (nSPS) is 13.7. The van der Waals surface area contributed by atoms with E-state index in [9.17, 15) is 9.59 Å². The number of nitrogens with zero attached hydrogens (tertiary/aromatic N) is 2. The van der Waals surface area contributed by atoms with E-state index in [2.05, 4.69) is 6.07 Å². The monoisotopic (exact) mass is 376 g/mol. The number of carbonyl (C=O) groups is 2. The fourth-order valence-corrected chi connectivity index (χ4v) is 3.66. The predicted molar refractivity (Wildman–Crippen MR) is 107 cm³/mol. The first-order chi connectivity index (χ1) is 13.6. The topological polar surface area (TPSA) is 70.4 Å². The molecule has 1 amide bonds. The molecular formula is C23H24N2O3. The number of amides is 1. The number of nitriles is 1. The van der Waals surface area contributed by atoms with Crippen LogP contribution in [0.2, 0.25) is 0 Å². The number of hydrogen-bond acceptors (Lipinski definition) is 4. The number of methoxy groups -OCH3 is 1. The molecule has 5 heteroatoms. The average molecular weight is 376 g/mol. The van der Waals surface area contributed by atoms with Gasteiger partial charge in [0.15, 0.2) is 0 Å². The molecule has 0 atom stereocenters. The Labute approximate surface area is 165 Å². The van der Waals surface area contributed by atoms with Crippen molar-refractivity contribution < 1.29 is 14.3 Å². The molecule has 2 aromatic carbocycles. The summed E-state index contributed by atoms with van der Waals surface area (Å²) < 4.78 is 4.74. The van der Waals surface area contributed by atoms with Crippen molar-refractivity contribution >= 4 is 17.6 Å². The van der Waals surface area contributed by atoms with Gasteiger partial charge in [-0.3, -0.25) is 4.79 Å². The number of benzene rings is 2. The molecule has 1 saturated carbocycles. The van der Waals surface area contributed by atoms with E-state index in [1.54, 1.807) is 41.3 Å². The summed E-state index contributed by atoms with van der Waals surface area (Å²) in [4.78, 5) is 26.5. The lowest BCUT2D eigenvalue weighted by atomic mass is 10.0. The summed E-state index contributed by atoms with van der Waals surface area (Å²) in [5.74, 6) is 0.134. The van der Waals surface area contributed by atoms with Crippen molar-refractivity contribution in [2.24, 2.45) is 5.92 Å². The molecule has 0 spiro atoms. The van der Waals surface area contributed by atoms with Crippen LogP contribution in [0.4, 0.5) is 5.69 Å². The van der Waals surface area contributed by atoms with E-state index in [0.29, 0.717) is 30.0 Å². The predicted octanol–water partition coefficient (Wildman–Crippen LogP) is 4.46. The Hall–Kier alpha value is -3.13. The van der Waals surface area contributed by atoms with Gasteiger partial charge in [-0.25, -0.2) is 4.79 Å². The van der Waals surface area contributed by atoms with E-state index >= 15 is 0 Å². The van der Waals surface area contributed by atoms with Crippen molar-refractivity contribution in [1.82, 2.24) is 0 Å². The van der Waals surface area contributed by atoms with Gasteiger partial charge in [0.05, 0.1) is 30.9 Å². The first-order valence-electron chi connectivity index (χ1n) is 9.58. The van der Waals surface area contributed by atoms with Gasteiger partial charge in [0.25, 0.3) is 0 Å². The van der Waals surface area contributed by atoms with Gasteiger partial charge in [0.1, 0.15) is 0 Å². The summed E-state index contributed by atoms with van der Waals surface area (Å²) in [5.41, 5.74) is 2.75. The average Bonchev–Trinajstić information content (AvgIpc) is 3.25. The minimum Gasteiger partial charge on any atom is -0.465 e. The molecular weight excluding hydrogens is 352 g/mol. The summed E-state index contributed by atoms with van der Waals surface area (Å²) in [6.07, 6.45) is 5.15. The van der Waals surface area contributed by atoms with Gasteiger partial charge in [-0.2, -0.15) is 5.26 Å². The van der Waals surface area contributed by atoms with Crippen LogP contribution in [0.15, 0.2) is 48.5 Å². The Balaban J connectivity index is 1.83. The maximum Gasteiger partial charge on any atom is 0.337 e. The summed E-state index contributed by atoms with van der Waals surface area (Å²) in [7, 11) is 1.35. The molecule has 0 saturated heterocycles. The van der Waals surface area contributed by atoms with Gasteiger partial charge < -0.3 is 9.64 Å². The Morgan fingerprint density at radius 1 is 1.07 bits per heavy atom. The van der Waals surface area contributed by atoms with E-state index < -0.39 is 5.97 Å². The number of ether oxygens (including phenoxy) is 1. The molecule has 0 aromatic heterocycles. The fourth-order valence-electron chi connectivity index (χ4n) is 3.66. The largest absolute Gasteiger partial charge is 0.465 e. The van der Waals surface area contributed by atoms with Gasteiger partial charge in [-0.1, -0.05) is 25.0 Å². The van der Waals surface area contributed by atoms with Crippen LogP contribution in [0.25, 0.3) is 0 Å². The molecule has 5 nitrogen and oxygen atoms in total. The van der Waals surface area contributed by atoms with Gasteiger partial charge >= 0.3 is 5.97 Å². The Kier molecular flexibility index (Phi) is 6.44. The number of esters is 1. The van der Waals surface area contributed by atoms with E-state index in [-0.39, 0.29) is 5.91 Å². The second-order valence-electron chi connectivity index (χ2n) is 7.18. The third-order valence-electron chi connectivity index (χ3n) is 5.26. The van der Waals surface area contributed by atoms with Crippen LogP contribution >= 0.6 is 0 Å². The maximum atomic E-state index is 13.1. The van der Waals surface area contributed by atoms with Gasteiger partial charge in [0, 0.05) is 12.1 Å². The number of rotatable bonds is 6. The molecule has 3 rings (SSSR count). The Morgan fingerprint density at radius 3 is 2.29 bits per heavy atom. The van der Waals surface area contributed by atoms with E-state index in [0.717, 1.165) is 24.1 Å². The Bertz CT molecular complexity index is 860. The molecule has 144 valence electrons. The van der Waals surface area contributed by atoms with Gasteiger partial charge in [-0.05, 0) is 60.7 Å². The highest BCUT2D eigenvalue weighted by Crippen LogP contribution is 2.29. The van der Waals surface area contributed by atoms with Gasteiger partial charge in [-0.15, -0.1) is 0 Å². The standard InChI is InChI=1S/C23H24N2O3/c1-28-23(27)20-10-12-21(13-11-20)25(22(26)14-17-4-2-3-5-17)16-19-8-6-18(15-24)7-9-19/h6-13,17H,2-5,14,16H2,1H3. The molecule has 0 aliphatic heterocycles. The fraction of sp³-hybridized carbons (Fsp3) is 0.348. The van der Waals surface area contributed by atoms with Gasteiger partial charge in [0.2, 0.25) is 5.91 Å². The third kappa shape index (κ3) is 4.77. The number of anilines is 1. The van der Waals surface area contributed by atoms with Crippen molar-refractivity contribution in [2.75, 3.05) is 12.0 Å². The highest BCUT2D eigenvalue weighted by Gasteiger charge is 2.23. The van der Waals surface area contributed by atoms with E-state index in [4.69, 9.17) is 10.00 Å². The van der Waals surface area contributed by atoms with E-state index in [1.165, 1.54) is 20.0 Å². The SMILES string of the molecule is COC(=O)c1ccc(N(Cc2ccc(C#N)cc2)C(=O)CC2CCCC2)cc1. The third-order valence-corrected chi connectivity index (χ3v) is 5.26. The summed E-state index contributed by atoms with van der Waals surface area (Å²) in [5, 5.41) is 8.97. The molecule has 0 unspecified atom stereocenters. The minimum absolute atomic E-state index is 0.0853. The smallest absolute Gasteiger partial charge is 0.337 e. The quantitative estimate of drug-likeness (QED) is 0.698. The molecule has 1 aliphatic rings. The lowest BCUT2D eigenvalue weighted by Gasteiger charge is -2.25. The van der Waals surface area contributed by atoms with Crippen LogP contribution < -0.4 is 4.90 Å². The van der Waals surface area contributed by atoms with Crippen molar-refractivity contribution in [2.45, 2.75) is 38.6 Å². The van der Waals surface area contributed by atoms with Crippen LogP contribution in [0.5, 0.6) is 0 Å². The molecule has 0 N–H and O–H groups in total. The highest BCUT2D eigenvalue weighted by atomic mass is 16.5. The van der Waals surface area contributed by atoms with Crippen molar-refractivity contribution in [1.29, 1.82) is 5.26 Å². The Morgan fingerprint density at radius 2 is 1.71 bits per heavy atom. The highest BCUT2D eigenvalue weighted by molar-refractivity contribution is 5.95. The maximum absolute atomic E-state index is 13.1. The van der Waals surface area contributed by atoms with Crippen LogP contribution in [0.3, 0.4) is 0 Å². The molecule has 2 aromatic rings. The first kappa shape index (κ1) is 19.6. The molecule has 28 heavy (non-hydrogen) atoms. The first-order valence-corrected chi connectivity index (χ1v) is 9.58. The summed E-state index contributed by atoms with van der Waals surface area (Å²) in [6.45, 7) is 0.425. The van der Waals surface area contributed by atoms with Crippen LogP contribution in [0, 0.1) is 17.2 Å². The van der Waals surface area contributed by atoms with Crippen LogP contribution in [-0.2, 0) is 16.1 Å². The molecule has 1 fully saturated rings. The second-order valence-corrected chi connectivity index (χ2v) is 7.18. The summed E-state index contributed by atoms with van der Waals surface area (Å²) >= 11 is 0. The molecule has 0 heterocycles. The summed E-state index contributed by atoms with van der Waals surface area (Å²) in [6, 6.07) is 16.3. The molecule has 0 radical (unpaired) electrons. The van der Waals surface area contributed by atoms with Crippen molar-refractivity contribution in [3.05, 3.63) is 65.2 Å². The van der Waals surface area contributed by atoms with E-state index in [1.807, 2.05) is 12.1 Å². The zero-order valence-corrected chi connectivity index (χ0v) is 16.1. The zero-order chi connectivity index (χ0) is 19.9. The van der Waals surface area contributed by atoms with Crippen molar-refractivity contribution in [3.63, 3.8) is 0 Å². The lowest BCUT2D eigenvalue weighted by molar-refractivity contribution is -0.119. The number of carbonyl (C=O) groups excluding carboxylic acids is 2.